The van der Waals surface area contributed by atoms with Gasteiger partial charge < -0.3 is 5.32 Å². The molecule has 0 aliphatic carbocycles. The fourth-order valence-electron chi connectivity index (χ4n) is 3.26. The highest BCUT2D eigenvalue weighted by Crippen LogP contribution is 2.38. The number of rotatable bonds is 5. The van der Waals surface area contributed by atoms with Gasteiger partial charge in [-0.2, -0.15) is 0 Å². The Hall–Kier alpha value is -2.73. The number of nitrogens with zero attached hydrogens (tertiary/aromatic N) is 2. The number of carbonyl (C=O) groups is 2. The van der Waals surface area contributed by atoms with Gasteiger partial charge in [-0.3, -0.25) is 14.5 Å². The SMILES string of the molecule is CC(C(=O)NCCc1cscn1)N1C(=O)c2cccc3cccc1c23. The van der Waals surface area contributed by atoms with Gasteiger partial charge in [-0.1, -0.05) is 24.3 Å². The fourth-order valence-corrected chi connectivity index (χ4v) is 3.86. The van der Waals surface area contributed by atoms with Gasteiger partial charge in [0.15, 0.2) is 0 Å². The van der Waals surface area contributed by atoms with E-state index in [1.165, 1.54) is 11.3 Å². The maximum atomic E-state index is 12.8. The first-order chi connectivity index (χ1) is 12.2. The van der Waals surface area contributed by atoms with E-state index in [-0.39, 0.29) is 11.8 Å². The summed E-state index contributed by atoms with van der Waals surface area (Å²) in [4.78, 5) is 31.2. The number of thiazole rings is 1. The van der Waals surface area contributed by atoms with Crippen molar-refractivity contribution in [3.05, 3.63) is 58.5 Å². The molecule has 1 unspecified atom stereocenters. The molecule has 1 aliphatic rings. The Balaban J connectivity index is 1.53. The summed E-state index contributed by atoms with van der Waals surface area (Å²) in [7, 11) is 0. The largest absolute Gasteiger partial charge is 0.354 e. The highest BCUT2D eigenvalue weighted by atomic mass is 32.1. The van der Waals surface area contributed by atoms with Gasteiger partial charge in [0.05, 0.1) is 16.9 Å². The minimum absolute atomic E-state index is 0.117. The highest BCUT2D eigenvalue weighted by Gasteiger charge is 2.35. The minimum atomic E-state index is -0.569. The summed E-state index contributed by atoms with van der Waals surface area (Å²) in [5, 5.41) is 6.82. The molecule has 4 rings (SSSR count). The van der Waals surface area contributed by atoms with Crippen molar-refractivity contribution in [1.82, 2.24) is 10.3 Å². The molecule has 0 saturated heterocycles. The van der Waals surface area contributed by atoms with Crippen molar-refractivity contribution >= 4 is 39.6 Å². The lowest BCUT2D eigenvalue weighted by atomic mass is 10.1. The van der Waals surface area contributed by atoms with E-state index in [0.29, 0.717) is 18.5 Å². The van der Waals surface area contributed by atoms with E-state index in [0.717, 1.165) is 22.2 Å². The van der Waals surface area contributed by atoms with Gasteiger partial charge in [-0.05, 0) is 24.4 Å². The molecule has 6 heteroatoms. The van der Waals surface area contributed by atoms with E-state index in [1.54, 1.807) is 17.3 Å². The van der Waals surface area contributed by atoms with Crippen molar-refractivity contribution < 1.29 is 9.59 Å². The third kappa shape index (κ3) is 2.68. The molecule has 1 aliphatic heterocycles. The Morgan fingerprint density at radius 1 is 1.28 bits per heavy atom. The standard InChI is InChI=1S/C19H17N3O2S/c1-12(18(23)20-9-8-14-10-25-11-21-14)22-16-7-3-5-13-4-2-6-15(17(13)16)19(22)24/h2-7,10-12H,8-9H2,1H3,(H,20,23). The summed E-state index contributed by atoms with van der Waals surface area (Å²) in [5.41, 5.74) is 4.21. The second-order valence-electron chi connectivity index (χ2n) is 6.05. The van der Waals surface area contributed by atoms with Gasteiger partial charge in [0.2, 0.25) is 5.91 Å². The molecule has 1 aromatic heterocycles. The molecule has 0 radical (unpaired) electrons. The van der Waals surface area contributed by atoms with E-state index >= 15 is 0 Å². The molecule has 1 atom stereocenters. The number of hydrogen-bond acceptors (Lipinski definition) is 4. The molecule has 3 aromatic rings. The quantitative estimate of drug-likeness (QED) is 0.769. The second kappa shape index (κ2) is 6.29. The first-order valence-corrected chi connectivity index (χ1v) is 9.11. The third-order valence-electron chi connectivity index (χ3n) is 4.52. The molecular formula is C19H17N3O2S. The molecule has 25 heavy (non-hydrogen) atoms. The lowest BCUT2D eigenvalue weighted by molar-refractivity contribution is -0.121. The molecule has 126 valence electrons. The molecule has 0 bridgehead atoms. The Labute approximate surface area is 149 Å². The van der Waals surface area contributed by atoms with Crippen LogP contribution in [-0.2, 0) is 11.2 Å². The fraction of sp³-hybridized carbons (Fsp3) is 0.211. The molecule has 2 heterocycles. The van der Waals surface area contributed by atoms with Crippen LogP contribution < -0.4 is 10.2 Å². The number of aromatic nitrogens is 1. The van der Waals surface area contributed by atoms with Crippen LogP contribution >= 0.6 is 11.3 Å². The number of amides is 2. The summed E-state index contributed by atoms with van der Waals surface area (Å²) in [5.74, 6) is -0.276. The molecule has 5 nitrogen and oxygen atoms in total. The van der Waals surface area contributed by atoms with Gasteiger partial charge >= 0.3 is 0 Å². The second-order valence-corrected chi connectivity index (χ2v) is 6.77. The van der Waals surface area contributed by atoms with Gasteiger partial charge in [0.25, 0.3) is 5.91 Å². The summed E-state index contributed by atoms with van der Waals surface area (Å²) >= 11 is 1.54. The summed E-state index contributed by atoms with van der Waals surface area (Å²) in [6.07, 6.45) is 0.686. The van der Waals surface area contributed by atoms with Gasteiger partial charge in [-0.25, -0.2) is 4.98 Å². The van der Waals surface area contributed by atoms with Crippen LogP contribution in [0, 0.1) is 0 Å². The zero-order valence-electron chi connectivity index (χ0n) is 13.7. The van der Waals surface area contributed by atoms with E-state index in [2.05, 4.69) is 10.3 Å². The van der Waals surface area contributed by atoms with Crippen LogP contribution in [-0.4, -0.2) is 29.4 Å². The molecule has 0 saturated carbocycles. The van der Waals surface area contributed by atoms with Crippen LogP contribution in [0.4, 0.5) is 5.69 Å². The Bertz CT molecular complexity index is 947. The lowest BCUT2D eigenvalue weighted by Crippen LogP contribution is -2.47. The van der Waals surface area contributed by atoms with E-state index in [9.17, 15) is 9.59 Å². The zero-order valence-corrected chi connectivity index (χ0v) is 14.5. The first-order valence-electron chi connectivity index (χ1n) is 8.17. The van der Waals surface area contributed by atoms with Crippen LogP contribution in [0.15, 0.2) is 47.3 Å². The number of benzene rings is 2. The van der Waals surface area contributed by atoms with Crippen LogP contribution in [0.25, 0.3) is 10.8 Å². The third-order valence-corrected chi connectivity index (χ3v) is 5.16. The maximum absolute atomic E-state index is 12.8. The van der Waals surface area contributed by atoms with Crippen molar-refractivity contribution in [3.63, 3.8) is 0 Å². The normalized spacial score (nSPS) is 14.1. The summed E-state index contributed by atoms with van der Waals surface area (Å²) < 4.78 is 0. The van der Waals surface area contributed by atoms with E-state index in [1.807, 2.05) is 41.8 Å². The van der Waals surface area contributed by atoms with Crippen molar-refractivity contribution in [2.45, 2.75) is 19.4 Å². The van der Waals surface area contributed by atoms with Crippen molar-refractivity contribution in [2.75, 3.05) is 11.4 Å². The lowest BCUT2D eigenvalue weighted by Gasteiger charge is -2.24. The number of anilines is 1. The summed E-state index contributed by atoms with van der Waals surface area (Å²) in [6.45, 7) is 2.27. The highest BCUT2D eigenvalue weighted by molar-refractivity contribution is 7.07. The van der Waals surface area contributed by atoms with Gasteiger partial charge in [0.1, 0.15) is 6.04 Å². The first kappa shape index (κ1) is 15.8. The Kier molecular flexibility index (Phi) is 3.97. The smallest absolute Gasteiger partial charge is 0.259 e. The van der Waals surface area contributed by atoms with Crippen molar-refractivity contribution in [1.29, 1.82) is 0 Å². The van der Waals surface area contributed by atoms with Crippen LogP contribution in [0.1, 0.15) is 23.0 Å². The monoisotopic (exact) mass is 351 g/mol. The molecule has 2 amide bonds. The predicted molar refractivity (Wildman–Crippen MR) is 99.0 cm³/mol. The zero-order chi connectivity index (χ0) is 17.4. The number of nitrogens with one attached hydrogen (secondary N) is 1. The minimum Gasteiger partial charge on any atom is -0.354 e. The molecule has 0 fully saturated rings. The Morgan fingerprint density at radius 3 is 2.84 bits per heavy atom. The van der Waals surface area contributed by atoms with E-state index < -0.39 is 6.04 Å². The average molecular weight is 351 g/mol. The van der Waals surface area contributed by atoms with Crippen molar-refractivity contribution in [3.8, 4) is 0 Å². The topological polar surface area (TPSA) is 62.3 Å². The molecule has 0 spiro atoms. The predicted octanol–water partition coefficient (Wildman–Crippen LogP) is 3.00. The molecular weight excluding hydrogens is 334 g/mol. The van der Waals surface area contributed by atoms with E-state index in [4.69, 9.17) is 0 Å². The Morgan fingerprint density at radius 2 is 2.08 bits per heavy atom. The maximum Gasteiger partial charge on any atom is 0.259 e. The van der Waals surface area contributed by atoms with Crippen LogP contribution in [0.2, 0.25) is 0 Å². The van der Waals surface area contributed by atoms with Gasteiger partial charge in [0, 0.05) is 29.3 Å². The molecule has 2 aromatic carbocycles. The van der Waals surface area contributed by atoms with Crippen LogP contribution in [0.3, 0.4) is 0 Å². The van der Waals surface area contributed by atoms with Gasteiger partial charge in [-0.15, -0.1) is 11.3 Å². The van der Waals surface area contributed by atoms with Crippen LogP contribution in [0.5, 0.6) is 0 Å². The van der Waals surface area contributed by atoms with Crippen molar-refractivity contribution in [2.24, 2.45) is 0 Å². The summed E-state index contributed by atoms with van der Waals surface area (Å²) in [6, 6.07) is 10.9. The number of carbonyl (C=O) groups excluding carboxylic acids is 2. The average Bonchev–Trinajstić information content (AvgIpc) is 3.23. The number of hydrogen-bond donors (Lipinski definition) is 1. The molecule has 1 N–H and O–H groups in total.